The van der Waals surface area contributed by atoms with Crippen LogP contribution in [-0.2, 0) is 26.0 Å². The van der Waals surface area contributed by atoms with Gasteiger partial charge in [0.2, 0.25) is 11.8 Å². The van der Waals surface area contributed by atoms with Crippen LogP contribution in [0.3, 0.4) is 0 Å². The second kappa shape index (κ2) is 13.2. The van der Waals surface area contributed by atoms with E-state index in [-0.39, 0.29) is 17.3 Å². The molecule has 38 heavy (non-hydrogen) atoms. The third-order valence-electron chi connectivity index (χ3n) is 6.38. The van der Waals surface area contributed by atoms with Gasteiger partial charge in [-0.15, -0.1) is 0 Å². The molecule has 1 unspecified atom stereocenters. The number of nitrogens with one attached hydrogen (secondary N) is 1. The van der Waals surface area contributed by atoms with E-state index in [9.17, 15) is 18.0 Å². The maximum atomic E-state index is 13.8. The van der Waals surface area contributed by atoms with E-state index in [1.165, 1.54) is 4.90 Å². The van der Waals surface area contributed by atoms with Gasteiger partial charge in [-0.2, -0.15) is 0 Å². The van der Waals surface area contributed by atoms with Crippen LogP contribution in [0.4, 0.5) is 5.69 Å². The summed E-state index contributed by atoms with van der Waals surface area (Å²) in [7, 11) is -4.06. The van der Waals surface area contributed by atoms with Gasteiger partial charge in [0.25, 0.3) is 10.0 Å². The first-order valence-electron chi connectivity index (χ1n) is 12.9. The number of hydrogen-bond donors (Lipinski definition) is 1. The molecule has 8 heteroatoms. The van der Waals surface area contributed by atoms with Gasteiger partial charge in [-0.05, 0) is 69.0 Å². The van der Waals surface area contributed by atoms with Crippen LogP contribution in [0.2, 0.25) is 0 Å². The molecule has 7 nitrogen and oxygen atoms in total. The smallest absolute Gasteiger partial charge is 0.264 e. The first kappa shape index (κ1) is 28.9. The van der Waals surface area contributed by atoms with Gasteiger partial charge in [0.05, 0.1) is 10.6 Å². The first-order valence-corrected chi connectivity index (χ1v) is 14.3. The predicted octanol–water partition coefficient (Wildman–Crippen LogP) is 4.48. The highest BCUT2D eigenvalue weighted by Gasteiger charge is 2.32. The molecule has 1 atom stereocenters. The molecule has 0 spiro atoms. The number of rotatable bonds is 12. The third-order valence-corrected chi connectivity index (χ3v) is 8.17. The summed E-state index contributed by atoms with van der Waals surface area (Å²) < 4.78 is 28.8. The zero-order chi connectivity index (χ0) is 27.7. The van der Waals surface area contributed by atoms with Gasteiger partial charge >= 0.3 is 0 Å². The Balaban J connectivity index is 1.96. The number of hydrogen-bond acceptors (Lipinski definition) is 4. The third kappa shape index (κ3) is 7.44. The normalized spacial score (nSPS) is 12.0. The summed E-state index contributed by atoms with van der Waals surface area (Å²) in [6.45, 7) is 7.73. The summed E-state index contributed by atoms with van der Waals surface area (Å²) in [6, 6.07) is 22.5. The number of carbonyl (C=O) groups excluding carboxylic acids is 2. The average Bonchev–Trinajstić information content (AvgIpc) is 2.91. The van der Waals surface area contributed by atoms with E-state index >= 15 is 0 Å². The number of nitrogens with zero attached hydrogens (tertiary/aromatic N) is 2. The van der Waals surface area contributed by atoms with Crippen molar-refractivity contribution in [1.82, 2.24) is 10.2 Å². The van der Waals surface area contributed by atoms with E-state index in [1.54, 1.807) is 49.4 Å². The summed E-state index contributed by atoms with van der Waals surface area (Å²) in [4.78, 5) is 28.3. The van der Waals surface area contributed by atoms with Gasteiger partial charge in [0.15, 0.2) is 0 Å². The highest BCUT2D eigenvalue weighted by atomic mass is 32.2. The Kier molecular flexibility index (Phi) is 10.1. The van der Waals surface area contributed by atoms with E-state index in [2.05, 4.69) is 5.32 Å². The minimum Gasteiger partial charge on any atom is -0.354 e. The molecule has 3 rings (SSSR count). The second-order valence-electron chi connectivity index (χ2n) is 9.45. The summed E-state index contributed by atoms with van der Waals surface area (Å²) in [5.41, 5.74) is 3.22. The van der Waals surface area contributed by atoms with Crippen molar-refractivity contribution in [3.05, 3.63) is 95.6 Å². The fraction of sp³-hybridized carbons (Fsp3) is 0.333. The van der Waals surface area contributed by atoms with Gasteiger partial charge in [0, 0.05) is 13.1 Å². The molecular weight excluding hydrogens is 498 g/mol. The fourth-order valence-electron chi connectivity index (χ4n) is 4.12. The summed E-state index contributed by atoms with van der Waals surface area (Å²) in [5, 5.41) is 2.85. The van der Waals surface area contributed by atoms with Crippen LogP contribution in [0.15, 0.2) is 83.8 Å². The van der Waals surface area contributed by atoms with Crippen LogP contribution >= 0.6 is 0 Å². The zero-order valence-corrected chi connectivity index (χ0v) is 23.4. The van der Waals surface area contributed by atoms with Gasteiger partial charge in [-0.25, -0.2) is 8.42 Å². The van der Waals surface area contributed by atoms with Crippen molar-refractivity contribution >= 4 is 27.5 Å². The van der Waals surface area contributed by atoms with Crippen molar-refractivity contribution in [3.63, 3.8) is 0 Å². The molecule has 0 bridgehead atoms. The van der Waals surface area contributed by atoms with Gasteiger partial charge in [-0.3, -0.25) is 13.9 Å². The minimum atomic E-state index is -4.06. The summed E-state index contributed by atoms with van der Waals surface area (Å²) in [6.07, 6.45) is 1.31. The van der Waals surface area contributed by atoms with Gasteiger partial charge in [0.1, 0.15) is 12.6 Å². The Bertz CT molecular complexity index is 1330. The van der Waals surface area contributed by atoms with Crippen LogP contribution in [0.5, 0.6) is 0 Å². The lowest BCUT2D eigenvalue weighted by atomic mass is 10.1. The molecule has 0 fully saturated rings. The molecule has 1 N–H and O–H groups in total. The molecule has 3 aromatic carbocycles. The van der Waals surface area contributed by atoms with Crippen molar-refractivity contribution in [2.24, 2.45) is 0 Å². The maximum Gasteiger partial charge on any atom is 0.264 e. The second-order valence-corrected chi connectivity index (χ2v) is 11.3. The Morgan fingerprint density at radius 1 is 0.895 bits per heavy atom. The van der Waals surface area contributed by atoms with Crippen molar-refractivity contribution in [3.8, 4) is 0 Å². The molecule has 202 valence electrons. The Morgan fingerprint density at radius 3 is 2.21 bits per heavy atom. The van der Waals surface area contributed by atoms with E-state index in [0.29, 0.717) is 18.7 Å². The minimum absolute atomic E-state index is 0.0991. The highest BCUT2D eigenvalue weighted by Crippen LogP contribution is 2.25. The topological polar surface area (TPSA) is 86.8 Å². The molecule has 0 aliphatic heterocycles. The molecule has 0 saturated heterocycles. The lowest BCUT2D eigenvalue weighted by Gasteiger charge is -2.32. The number of benzene rings is 3. The summed E-state index contributed by atoms with van der Waals surface area (Å²) in [5.74, 6) is -0.714. The van der Waals surface area contributed by atoms with Crippen LogP contribution < -0.4 is 9.62 Å². The first-order chi connectivity index (χ1) is 18.1. The molecule has 0 heterocycles. The van der Waals surface area contributed by atoms with Crippen LogP contribution in [0, 0.1) is 13.8 Å². The van der Waals surface area contributed by atoms with E-state index in [4.69, 9.17) is 0 Å². The van der Waals surface area contributed by atoms with Crippen molar-refractivity contribution < 1.29 is 18.0 Å². The number of amides is 2. The lowest BCUT2D eigenvalue weighted by Crippen LogP contribution is -2.52. The van der Waals surface area contributed by atoms with Crippen LogP contribution in [0.1, 0.15) is 37.0 Å². The largest absolute Gasteiger partial charge is 0.354 e. The lowest BCUT2D eigenvalue weighted by molar-refractivity contribution is -0.138. The van der Waals surface area contributed by atoms with Crippen LogP contribution in [-0.4, -0.2) is 50.8 Å². The Hall–Kier alpha value is -3.65. The predicted molar refractivity (Wildman–Crippen MR) is 152 cm³/mol. The number of carbonyl (C=O) groups is 2. The molecule has 0 saturated carbocycles. The molecule has 2 amide bonds. The Labute approximate surface area is 226 Å². The zero-order valence-electron chi connectivity index (χ0n) is 22.6. The SMILES string of the molecule is CCCNC(=O)C(C)N(CCc1ccccc1)C(=O)CN(c1cccc(C)c1)S(=O)(=O)c1ccc(C)cc1. The van der Waals surface area contributed by atoms with Gasteiger partial charge in [-0.1, -0.05) is 67.1 Å². The quantitative estimate of drug-likeness (QED) is 0.370. The molecular formula is C30H37N3O4S. The van der Waals surface area contributed by atoms with E-state index in [0.717, 1.165) is 27.4 Å². The Morgan fingerprint density at radius 2 is 1.58 bits per heavy atom. The van der Waals surface area contributed by atoms with Crippen molar-refractivity contribution in [2.75, 3.05) is 23.9 Å². The molecule has 0 radical (unpaired) electrons. The maximum absolute atomic E-state index is 13.8. The fourth-order valence-corrected chi connectivity index (χ4v) is 5.52. The number of aryl methyl sites for hydroxylation is 2. The molecule has 0 aromatic heterocycles. The van der Waals surface area contributed by atoms with Crippen LogP contribution in [0.25, 0.3) is 0 Å². The average molecular weight is 536 g/mol. The standard InChI is InChI=1S/C30H37N3O4S/c1-5-19-31-30(35)25(4)32(20-18-26-11-7-6-8-12-26)29(34)22-33(27-13-9-10-24(3)21-27)38(36,37)28-16-14-23(2)15-17-28/h6-17,21,25H,5,18-20,22H2,1-4H3,(H,31,35). The monoisotopic (exact) mass is 535 g/mol. The molecule has 3 aromatic rings. The number of sulfonamides is 1. The van der Waals surface area contributed by atoms with Gasteiger partial charge < -0.3 is 10.2 Å². The molecule has 0 aliphatic carbocycles. The molecule has 0 aliphatic rings. The van der Waals surface area contributed by atoms with Crippen molar-refractivity contribution in [1.29, 1.82) is 0 Å². The summed E-state index contributed by atoms with van der Waals surface area (Å²) >= 11 is 0. The number of anilines is 1. The van der Waals surface area contributed by atoms with E-state index in [1.807, 2.05) is 57.2 Å². The highest BCUT2D eigenvalue weighted by molar-refractivity contribution is 7.92. The van der Waals surface area contributed by atoms with E-state index < -0.39 is 28.5 Å². The van der Waals surface area contributed by atoms with Crippen molar-refractivity contribution in [2.45, 2.75) is 51.5 Å².